The normalized spacial score (nSPS) is 25.5. The van der Waals surface area contributed by atoms with Gasteiger partial charge in [-0.25, -0.2) is 0 Å². The van der Waals surface area contributed by atoms with E-state index in [0.29, 0.717) is 31.6 Å². The van der Waals surface area contributed by atoms with Gasteiger partial charge in [0.05, 0.1) is 13.0 Å². The number of likely N-dealkylation sites (N-methyl/N-ethyl adjacent to an activating group) is 1. The molecule has 2 heterocycles. The summed E-state index contributed by atoms with van der Waals surface area (Å²) in [5.41, 5.74) is 0. The van der Waals surface area contributed by atoms with Gasteiger partial charge in [0.25, 0.3) is 6.47 Å². The standard InChI is InChI=1S/C14H26N2O2.CH2O2/c1-3-18-8-7-14(17)16-10-12-5-4-6-13(11-16)15(2)9-12;2-1-3/h12-13H,3-11H2,1-2H3;1H,(H,2,3)/t12-,13-;/m0./s1. The summed E-state index contributed by atoms with van der Waals surface area (Å²) in [6.07, 6.45) is 4.37. The van der Waals surface area contributed by atoms with Crippen LogP contribution in [0.4, 0.5) is 0 Å². The van der Waals surface area contributed by atoms with Crippen LogP contribution in [0.3, 0.4) is 0 Å². The number of rotatable bonds is 4. The molecule has 0 aromatic heterocycles. The third kappa shape index (κ3) is 6.01. The second-order valence-corrected chi connectivity index (χ2v) is 5.74. The summed E-state index contributed by atoms with van der Waals surface area (Å²) < 4.78 is 5.28. The summed E-state index contributed by atoms with van der Waals surface area (Å²) in [5.74, 6) is 0.939. The van der Waals surface area contributed by atoms with Gasteiger partial charge < -0.3 is 19.6 Å². The van der Waals surface area contributed by atoms with Crippen molar-refractivity contribution in [1.82, 2.24) is 9.80 Å². The van der Waals surface area contributed by atoms with Crippen LogP contribution in [0.1, 0.15) is 32.6 Å². The van der Waals surface area contributed by atoms with Crippen molar-refractivity contribution >= 4 is 12.4 Å². The fourth-order valence-electron chi connectivity index (χ4n) is 3.20. The number of amides is 1. The minimum absolute atomic E-state index is 0.250. The first-order valence-electron chi connectivity index (χ1n) is 7.75. The summed E-state index contributed by atoms with van der Waals surface area (Å²) in [4.78, 5) is 25.1. The van der Waals surface area contributed by atoms with Crippen LogP contribution < -0.4 is 0 Å². The molecule has 2 rings (SSSR count). The predicted octanol–water partition coefficient (Wildman–Crippen LogP) is 1.06. The van der Waals surface area contributed by atoms with E-state index < -0.39 is 0 Å². The molecular weight excluding hydrogens is 272 g/mol. The first-order chi connectivity index (χ1) is 10.1. The summed E-state index contributed by atoms with van der Waals surface area (Å²) in [7, 11) is 2.21. The van der Waals surface area contributed by atoms with E-state index in [4.69, 9.17) is 14.6 Å². The molecule has 2 atom stereocenters. The van der Waals surface area contributed by atoms with E-state index in [1.54, 1.807) is 0 Å². The van der Waals surface area contributed by atoms with E-state index in [0.717, 1.165) is 19.6 Å². The molecule has 6 heteroatoms. The molecule has 0 aliphatic carbocycles. The Morgan fingerprint density at radius 1 is 1.33 bits per heavy atom. The largest absolute Gasteiger partial charge is 0.483 e. The van der Waals surface area contributed by atoms with Gasteiger partial charge in [0.1, 0.15) is 0 Å². The lowest BCUT2D eigenvalue weighted by molar-refractivity contribution is -0.133. The van der Waals surface area contributed by atoms with Gasteiger partial charge >= 0.3 is 0 Å². The van der Waals surface area contributed by atoms with E-state index in [1.165, 1.54) is 19.3 Å². The highest BCUT2D eigenvalue weighted by atomic mass is 16.5. The topological polar surface area (TPSA) is 70.1 Å². The monoisotopic (exact) mass is 300 g/mol. The summed E-state index contributed by atoms with van der Waals surface area (Å²) in [6.45, 7) is 6.00. The van der Waals surface area contributed by atoms with E-state index in [1.807, 2.05) is 6.92 Å². The lowest BCUT2D eigenvalue weighted by Gasteiger charge is -2.29. The van der Waals surface area contributed by atoms with E-state index in [2.05, 4.69) is 16.8 Å². The van der Waals surface area contributed by atoms with Crippen molar-refractivity contribution in [2.45, 2.75) is 38.6 Å². The quantitative estimate of drug-likeness (QED) is 0.621. The van der Waals surface area contributed by atoms with Crippen molar-refractivity contribution in [1.29, 1.82) is 0 Å². The van der Waals surface area contributed by atoms with Crippen molar-refractivity contribution in [3.05, 3.63) is 0 Å². The molecule has 6 nitrogen and oxygen atoms in total. The lowest BCUT2D eigenvalue weighted by atomic mass is 9.99. The molecule has 2 saturated heterocycles. The van der Waals surface area contributed by atoms with Gasteiger partial charge in [0.15, 0.2) is 0 Å². The molecular formula is C15H28N2O4. The lowest BCUT2D eigenvalue weighted by Crippen LogP contribution is -2.42. The Hall–Kier alpha value is -1.14. The van der Waals surface area contributed by atoms with Gasteiger partial charge in [0, 0.05) is 32.3 Å². The number of carbonyl (C=O) groups excluding carboxylic acids is 1. The average molecular weight is 300 g/mol. The number of carbonyl (C=O) groups is 2. The van der Waals surface area contributed by atoms with Crippen molar-refractivity contribution < 1.29 is 19.4 Å². The van der Waals surface area contributed by atoms with Crippen molar-refractivity contribution in [3.63, 3.8) is 0 Å². The van der Waals surface area contributed by atoms with E-state index in [9.17, 15) is 4.79 Å². The number of hydrogen-bond acceptors (Lipinski definition) is 4. The molecule has 0 saturated carbocycles. The minimum atomic E-state index is -0.250. The summed E-state index contributed by atoms with van der Waals surface area (Å²) >= 11 is 0. The van der Waals surface area contributed by atoms with Gasteiger partial charge in [0.2, 0.25) is 5.91 Å². The highest BCUT2D eigenvalue weighted by molar-refractivity contribution is 5.76. The Kier molecular flexibility index (Phi) is 8.30. The summed E-state index contributed by atoms with van der Waals surface area (Å²) in [6, 6.07) is 0.563. The second-order valence-electron chi connectivity index (χ2n) is 5.74. The minimum Gasteiger partial charge on any atom is -0.483 e. The Morgan fingerprint density at radius 2 is 2.05 bits per heavy atom. The van der Waals surface area contributed by atoms with Crippen LogP contribution in [0.5, 0.6) is 0 Å². The van der Waals surface area contributed by atoms with Crippen LogP contribution in [0.25, 0.3) is 0 Å². The number of fused-ring (bicyclic) bond motifs is 3. The van der Waals surface area contributed by atoms with Gasteiger partial charge in [-0.2, -0.15) is 0 Å². The predicted molar refractivity (Wildman–Crippen MR) is 80.1 cm³/mol. The Balaban J connectivity index is 0.000000677. The van der Waals surface area contributed by atoms with Crippen LogP contribution in [0.15, 0.2) is 0 Å². The number of nitrogens with zero attached hydrogens (tertiary/aromatic N) is 2. The Labute approximate surface area is 127 Å². The number of carboxylic acid groups (broad SMARTS) is 1. The van der Waals surface area contributed by atoms with Crippen LogP contribution in [-0.2, 0) is 14.3 Å². The molecule has 122 valence electrons. The van der Waals surface area contributed by atoms with Gasteiger partial charge in [-0.1, -0.05) is 6.42 Å². The molecule has 2 aliphatic rings. The fourth-order valence-corrected chi connectivity index (χ4v) is 3.20. The van der Waals surface area contributed by atoms with Crippen molar-refractivity contribution in [2.24, 2.45) is 5.92 Å². The second kappa shape index (κ2) is 9.73. The SMILES string of the molecule is CCOCCC(=O)N1C[C@H]2CCC[C@@H](C1)N(C)C2.O=CO. The molecule has 21 heavy (non-hydrogen) atoms. The molecule has 2 bridgehead atoms. The molecule has 1 amide bonds. The zero-order valence-corrected chi connectivity index (χ0v) is 13.2. The third-order valence-electron chi connectivity index (χ3n) is 4.25. The van der Waals surface area contributed by atoms with Gasteiger partial charge in [-0.15, -0.1) is 0 Å². The molecule has 0 aromatic rings. The molecule has 0 spiro atoms. The van der Waals surface area contributed by atoms with Crippen molar-refractivity contribution in [2.75, 3.05) is 39.9 Å². The van der Waals surface area contributed by atoms with Crippen molar-refractivity contribution in [3.8, 4) is 0 Å². The van der Waals surface area contributed by atoms with Gasteiger partial charge in [-0.05, 0) is 32.7 Å². The maximum atomic E-state index is 12.2. The maximum absolute atomic E-state index is 12.2. The van der Waals surface area contributed by atoms with Crippen LogP contribution in [-0.4, -0.2) is 73.2 Å². The van der Waals surface area contributed by atoms with E-state index in [-0.39, 0.29) is 12.4 Å². The smallest absolute Gasteiger partial charge is 0.290 e. The van der Waals surface area contributed by atoms with Gasteiger partial charge in [-0.3, -0.25) is 9.59 Å². The summed E-state index contributed by atoms with van der Waals surface area (Å²) in [5, 5.41) is 6.89. The molecule has 1 N–H and O–H groups in total. The molecule has 0 radical (unpaired) electrons. The van der Waals surface area contributed by atoms with E-state index >= 15 is 0 Å². The first-order valence-corrected chi connectivity index (χ1v) is 7.75. The average Bonchev–Trinajstić information content (AvgIpc) is 2.68. The van der Waals surface area contributed by atoms with Crippen LogP contribution in [0.2, 0.25) is 0 Å². The molecule has 0 unspecified atom stereocenters. The number of hydrogen-bond donors (Lipinski definition) is 1. The van der Waals surface area contributed by atoms with Crippen LogP contribution >= 0.6 is 0 Å². The number of likely N-dealkylation sites (tertiary alicyclic amines) is 1. The highest BCUT2D eigenvalue weighted by Crippen LogP contribution is 2.25. The molecule has 0 aromatic carbocycles. The maximum Gasteiger partial charge on any atom is 0.290 e. The zero-order valence-electron chi connectivity index (χ0n) is 13.2. The fraction of sp³-hybridized carbons (Fsp3) is 0.867. The Bertz CT molecular complexity index is 325. The zero-order chi connectivity index (χ0) is 15.7. The first kappa shape index (κ1) is 17.9. The highest BCUT2D eigenvalue weighted by Gasteiger charge is 2.32. The molecule has 2 aliphatic heterocycles. The van der Waals surface area contributed by atoms with Crippen LogP contribution in [0, 0.1) is 5.92 Å². The number of ether oxygens (including phenoxy) is 1. The Morgan fingerprint density at radius 3 is 2.71 bits per heavy atom. The molecule has 2 fully saturated rings. The third-order valence-corrected chi connectivity index (χ3v) is 4.25.